The van der Waals surface area contributed by atoms with Crippen LogP contribution in [0.15, 0.2) is 24.3 Å². The Morgan fingerprint density at radius 2 is 1.53 bits per heavy atom. The van der Waals surface area contributed by atoms with Gasteiger partial charge in [0, 0.05) is 18.4 Å². The van der Waals surface area contributed by atoms with Gasteiger partial charge in [0.2, 0.25) is 0 Å². The Morgan fingerprint density at radius 3 is 1.94 bits per heavy atom. The summed E-state index contributed by atoms with van der Waals surface area (Å²) in [6, 6.07) is 7.67. The summed E-state index contributed by atoms with van der Waals surface area (Å²) in [7, 11) is 0. The van der Waals surface area contributed by atoms with Gasteiger partial charge < -0.3 is 4.79 Å². The largest absolute Gasteiger partial charge is 0.300 e. The second-order valence-electron chi connectivity index (χ2n) is 5.45. The van der Waals surface area contributed by atoms with E-state index in [2.05, 4.69) is 20.8 Å². The van der Waals surface area contributed by atoms with Crippen molar-refractivity contribution in [3.05, 3.63) is 35.4 Å². The molecule has 0 radical (unpaired) electrons. The third-order valence-corrected chi connectivity index (χ3v) is 2.78. The summed E-state index contributed by atoms with van der Waals surface area (Å²) in [5.74, 6) is 0.102. The van der Waals surface area contributed by atoms with Crippen LogP contribution in [0.25, 0.3) is 0 Å². The van der Waals surface area contributed by atoms with Crippen molar-refractivity contribution in [2.75, 3.05) is 0 Å². The Morgan fingerprint density at radius 1 is 1.00 bits per heavy atom. The van der Waals surface area contributed by atoms with Gasteiger partial charge in [-0.15, -0.1) is 0 Å². The minimum Gasteiger partial charge on any atom is -0.300 e. The average molecular weight is 232 g/mol. The summed E-state index contributed by atoms with van der Waals surface area (Å²) in [6.45, 7) is 7.93. The number of carbonyl (C=O) groups is 2. The molecule has 92 valence electrons. The molecule has 0 saturated heterocycles. The molecule has 2 nitrogen and oxygen atoms in total. The molecule has 1 rings (SSSR count). The minimum absolute atomic E-state index is 0.0423. The zero-order valence-electron chi connectivity index (χ0n) is 11.0. The van der Waals surface area contributed by atoms with E-state index in [1.807, 2.05) is 24.3 Å². The van der Waals surface area contributed by atoms with Crippen LogP contribution in [0.5, 0.6) is 0 Å². The Balaban J connectivity index is 2.74. The number of rotatable bonds is 4. The lowest BCUT2D eigenvalue weighted by atomic mass is 9.86. The fourth-order valence-electron chi connectivity index (χ4n) is 1.59. The topological polar surface area (TPSA) is 34.1 Å². The summed E-state index contributed by atoms with van der Waals surface area (Å²) in [4.78, 5) is 22.6. The van der Waals surface area contributed by atoms with Crippen LogP contribution in [0.1, 0.15) is 56.5 Å². The Bertz CT molecular complexity index is 408. The highest BCUT2D eigenvalue weighted by Crippen LogP contribution is 2.22. The van der Waals surface area contributed by atoms with E-state index < -0.39 is 0 Å². The standard InChI is InChI=1S/C15H20O2/c1-11(16)5-10-14(17)12-6-8-13(9-7-12)15(2,3)4/h6-9H,5,10H2,1-4H3. The van der Waals surface area contributed by atoms with E-state index in [-0.39, 0.29) is 17.0 Å². The maximum Gasteiger partial charge on any atom is 0.163 e. The highest BCUT2D eigenvalue weighted by molar-refractivity contribution is 5.97. The zero-order valence-corrected chi connectivity index (χ0v) is 11.0. The van der Waals surface area contributed by atoms with Crippen LogP contribution in [0.3, 0.4) is 0 Å². The lowest BCUT2D eigenvalue weighted by Crippen LogP contribution is -2.11. The number of carbonyl (C=O) groups excluding carboxylic acids is 2. The van der Waals surface area contributed by atoms with Crippen LogP contribution in [-0.2, 0) is 10.2 Å². The Hall–Kier alpha value is -1.44. The first-order valence-electron chi connectivity index (χ1n) is 5.94. The predicted molar refractivity (Wildman–Crippen MR) is 69.4 cm³/mol. The first-order chi connectivity index (χ1) is 7.80. The second kappa shape index (κ2) is 5.26. The number of hydrogen-bond acceptors (Lipinski definition) is 2. The average Bonchev–Trinajstić information content (AvgIpc) is 2.25. The molecule has 0 aliphatic heterocycles. The molecule has 0 bridgehead atoms. The van der Waals surface area contributed by atoms with Gasteiger partial charge in [0.1, 0.15) is 5.78 Å². The van der Waals surface area contributed by atoms with Gasteiger partial charge in [-0.25, -0.2) is 0 Å². The van der Waals surface area contributed by atoms with Gasteiger partial charge in [-0.1, -0.05) is 45.0 Å². The molecule has 0 aromatic heterocycles. The van der Waals surface area contributed by atoms with E-state index in [0.29, 0.717) is 18.4 Å². The quantitative estimate of drug-likeness (QED) is 0.744. The minimum atomic E-state index is 0.0423. The van der Waals surface area contributed by atoms with Crippen LogP contribution in [0, 0.1) is 0 Å². The molecule has 1 aromatic carbocycles. The Kier molecular flexibility index (Phi) is 4.22. The molecule has 17 heavy (non-hydrogen) atoms. The SMILES string of the molecule is CC(=O)CCC(=O)c1ccc(C(C)(C)C)cc1. The zero-order chi connectivity index (χ0) is 13.1. The molecule has 0 aliphatic carbocycles. The fraction of sp³-hybridized carbons (Fsp3) is 0.467. The lowest BCUT2D eigenvalue weighted by Gasteiger charge is -2.18. The van der Waals surface area contributed by atoms with Crippen molar-refractivity contribution in [1.82, 2.24) is 0 Å². The highest BCUT2D eigenvalue weighted by Gasteiger charge is 2.14. The van der Waals surface area contributed by atoms with Crippen LogP contribution < -0.4 is 0 Å². The predicted octanol–water partition coefficient (Wildman–Crippen LogP) is 3.54. The molecule has 0 aliphatic rings. The maximum atomic E-state index is 11.8. The van der Waals surface area contributed by atoms with Crippen molar-refractivity contribution < 1.29 is 9.59 Å². The molecule has 0 saturated carbocycles. The van der Waals surface area contributed by atoms with Crippen LogP contribution >= 0.6 is 0 Å². The molecule has 0 heterocycles. The molecule has 2 heteroatoms. The highest BCUT2D eigenvalue weighted by atomic mass is 16.1. The van der Waals surface area contributed by atoms with Crippen molar-refractivity contribution in [3.8, 4) is 0 Å². The molecule has 0 unspecified atom stereocenters. The third-order valence-electron chi connectivity index (χ3n) is 2.78. The molecule has 0 amide bonds. The molecule has 0 atom stereocenters. The lowest BCUT2D eigenvalue weighted by molar-refractivity contribution is -0.116. The smallest absolute Gasteiger partial charge is 0.163 e. The van der Waals surface area contributed by atoms with E-state index >= 15 is 0 Å². The second-order valence-corrected chi connectivity index (χ2v) is 5.45. The van der Waals surface area contributed by atoms with Gasteiger partial charge >= 0.3 is 0 Å². The van der Waals surface area contributed by atoms with E-state index in [9.17, 15) is 9.59 Å². The van der Waals surface area contributed by atoms with Crippen molar-refractivity contribution in [3.63, 3.8) is 0 Å². The normalized spacial score (nSPS) is 11.3. The number of hydrogen-bond donors (Lipinski definition) is 0. The van der Waals surface area contributed by atoms with E-state index in [1.54, 1.807) is 0 Å². The van der Waals surface area contributed by atoms with Crippen molar-refractivity contribution in [2.24, 2.45) is 0 Å². The monoisotopic (exact) mass is 232 g/mol. The Labute approximate surface area is 103 Å². The van der Waals surface area contributed by atoms with Gasteiger partial charge in [-0.05, 0) is 17.9 Å². The van der Waals surface area contributed by atoms with Crippen molar-refractivity contribution in [2.45, 2.75) is 46.0 Å². The fourth-order valence-corrected chi connectivity index (χ4v) is 1.59. The number of Topliss-reactive ketones (excluding diaryl/α,β-unsaturated/α-hetero) is 2. The van der Waals surface area contributed by atoms with E-state index in [0.717, 1.165) is 0 Å². The van der Waals surface area contributed by atoms with Gasteiger partial charge in [-0.3, -0.25) is 4.79 Å². The molecular weight excluding hydrogens is 212 g/mol. The van der Waals surface area contributed by atoms with Crippen LogP contribution in [-0.4, -0.2) is 11.6 Å². The summed E-state index contributed by atoms with van der Waals surface area (Å²) < 4.78 is 0. The van der Waals surface area contributed by atoms with Gasteiger partial charge in [0.25, 0.3) is 0 Å². The number of ketones is 2. The van der Waals surface area contributed by atoms with E-state index in [1.165, 1.54) is 12.5 Å². The molecule has 1 aromatic rings. The van der Waals surface area contributed by atoms with Crippen LogP contribution in [0.2, 0.25) is 0 Å². The van der Waals surface area contributed by atoms with Crippen molar-refractivity contribution >= 4 is 11.6 Å². The molecule has 0 spiro atoms. The van der Waals surface area contributed by atoms with Gasteiger partial charge in [0.05, 0.1) is 0 Å². The number of benzene rings is 1. The van der Waals surface area contributed by atoms with Crippen molar-refractivity contribution in [1.29, 1.82) is 0 Å². The molecular formula is C15H20O2. The molecule has 0 N–H and O–H groups in total. The maximum absolute atomic E-state index is 11.8. The van der Waals surface area contributed by atoms with Gasteiger partial charge in [-0.2, -0.15) is 0 Å². The van der Waals surface area contributed by atoms with E-state index in [4.69, 9.17) is 0 Å². The summed E-state index contributed by atoms with van der Waals surface area (Å²) in [6.07, 6.45) is 0.643. The van der Waals surface area contributed by atoms with Gasteiger partial charge in [0.15, 0.2) is 5.78 Å². The first kappa shape index (κ1) is 13.6. The third kappa shape index (κ3) is 4.14. The molecule has 0 fully saturated rings. The summed E-state index contributed by atoms with van der Waals surface area (Å²) in [5.41, 5.74) is 2.00. The summed E-state index contributed by atoms with van der Waals surface area (Å²) >= 11 is 0. The van der Waals surface area contributed by atoms with Crippen LogP contribution in [0.4, 0.5) is 0 Å². The summed E-state index contributed by atoms with van der Waals surface area (Å²) in [5, 5.41) is 0. The first-order valence-corrected chi connectivity index (χ1v) is 5.94.